The number of aryl methyl sites for hydroxylation is 1. The Morgan fingerprint density at radius 2 is 1.82 bits per heavy atom. The van der Waals surface area contributed by atoms with Crippen LogP contribution in [0.5, 0.6) is 5.75 Å². The third-order valence-electron chi connectivity index (χ3n) is 5.10. The van der Waals surface area contributed by atoms with Crippen molar-refractivity contribution in [3.63, 3.8) is 0 Å². The van der Waals surface area contributed by atoms with Crippen LogP contribution in [-0.2, 0) is 4.79 Å². The highest BCUT2D eigenvalue weighted by Crippen LogP contribution is 2.37. The Balaban J connectivity index is 1.68. The molecule has 9 heteroatoms. The number of carbonyl (C=O) groups is 2. The molecule has 1 atom stereocenters. The number of thioether (sulfide) groups is 1. The normalized spacial score (nSPS) is 11.6. The number of anilines is 1. The molecular formula is C25H23N5O3S. The molecule has 4 rings (SSSR count). The van der Waals surface area contributed by atoms with E-state index < -0.39 is 5.25 Å². The third kappa shape index (κ3) is 5.15. The maximum atomic E-state index is 13.4. The molecular weight excluding hydrogens is 450 g/mol. The summed E-state index contributed by atoms with van der Waals surface area (Å²) in [6, 6.07) is 22.0. The molecule has 0 aliphatic heterocycles. The molecule has 0 aliphatic rings. The van der Waals surface area contributed by atoms with E-state index in [4.69, 9.17) is 4.74 Å². The van der Waals surface area contributed by atoms with Gasteiger partial charge in [-0.1, -0.05) is 60.3 Å². The molecule has 4 aromatic rings. The van der Waals surface area contributed by atoms with Crippen molar-refractivity contribution in [1.29, 1.82) is 0 Å². The predicted molar refractivity (Wildman–Crippen MR) is 131 cm³/mol. The first kappa shape index (κ1) is 23.2. The lowest BCUT2D eigenvalue weighted by molar-refractivity contribution is -0.115. The lowest BCUT2D eigenvalue weighted by atomic mass is 10.1. The van der Waals surface area contributed by atoms with Crippen molar-refractivity contribution in [2.75, 3.05) is 12.4 Å². The molecule has 1 N–H and O–H groups in total. The van der Waals surface area contributed by atoms with Gasteiger partial charge in [0.1, 0.15) is 16.7 Å². The summed E-state index contributed by atoms with van der Waals surface area (Å²) in [7, 11) is 1.58. The lowest BCUT2D eigenvalue weighted by Crippen LogP contribution is -2.20. The second kappa shape index (κ2) is 10.3. The van der Waals surface area contributed by atoms with Crippen molar-refractivity contribution in [1.82, 2.24) is 20.2 Å². The van der Waals surface area contributed by atoms with Crippen LogP contribution in [0.2, 0.25) is 0 Å². The Hall–Kier alpha value is -3.98. The second-order valence-corrected chi connectivity index (χ2v) is 8.66. The highest BCUT2D eigenvalue weighted by Gasteiger charge is 2.26. The van der Waals surface area contributed by atoms with Gasteiger partial charge in [0, 0.05) is 11.3 Å². The fraction of sp³-hybridized carbons (Fsp3) is 0.160. The van der Waals surface area contributed by atoms with Crippen molar-refractivity contribution < 1.29 is 14.3 Å². The van der Waals surface area contributed by atoms with Crippen LogP contribution in [0, 0.1) is 6.92 Å². The molecule has 3 aromatic carbocycles. The van der Waals surface area contributed by atoms with Crippen LogP contribution >= 0.6 is 11.8 Å². The molecule has 0 radical (unpaired) electrons. The second-order valence-electron chi connectivity index (χ2n) is 7.58. The third-order valence-corrected chi connectivity index (χ3v) is 6.29. The monoisotopic (exact) mass is 473 g/mol. The fourth-order valence-corrected chi connectivity index (χ4v) is 4.39. The molecule has 0 saturated heterocycles. The lowest BCUT2D eigenvalue weighted by Gasteiger charge is -2.17. The molecule has 172 valence electrons. The average Bonchev–Trinajstić information content (AvgIpc) is 3.31. The molecule has 1 heterocycles. The Morgan fingerprint density at radius 3 is 2.56 bits per heavy atom. The van der Waals surface area contributed by atoms with Gasteiger partial charge in [0.15, 0.2) is 5.78 Å². The maximum Gasteiger partial charge on any atom is 0.242 e. The number of rotatable bonds is 8. The zero-order chi connectivity index (χ0) is 24.1. The number of ketones is 1. The Bertz CT molecular complexity index is 1320. The zero-order valence-electron chi connectivity index (χ0n) is 18.9. The van der Waals surface area contributed by atoms with E-state index >= 15 is 0 Å². The number of carbonyl (C=O) groups excluding carboxylic acids is 2. The number of tetrazole rings is 1. The van der Waals surface area contributed by atoms with E-state index in [0.717, 1.165) is 11.1 Å². The van der Waals surface area contributed by atoms with Crippen LogP contribution in [0.4, 0.5) is 5.69 Å². The molecule has 1 amide bonds. The quantitative estimate of drug-likeness (QED) is 0.294. The number of methoxy groups -OCH3 is 1. The predicted octanol–water partition coefficient (Wildman–Crippen LogP) is 4.65. The Kier molecular flexibility index (Phi) is 7.03. The van der Waals surface area contributed by atoms with Crippen LogP contribution in [0.3, 0.4) is 0 Å². The first-order chi connectivity index (χ1) is 16.5. The molecule has 8 nitrogen and oxygen atoms in total. The van der Waals surface area contributed by atoms with Crippen molar-refractivity contribution >= 4 is 29.1 Å². The number of benzene rings is 3. The largest absolute Gasteiger partial charge is 0.494 e. The van der Waals surface area contributed by atoms with E-state index in [9.17, 15) is 9.59 Å². The van der Waals surface area contributed by atoms with Crippen molar-refractivity contribution in [3.05, 3.63) is 89.5 Å². The number of Topliss-reactive ketones (excluding diaryl/α,β-unsaturated/α-hetero) is 1. The molecule has 1 aromatic heterocycles. The van der Waals surface area contributed by atoms with Crippen LogP contribution in [0.25, 0.3) is 5.69 Å². The summed E-state index contributed by atoms with van der Waals surface area (Å²) < 4.78 is 7.06. The highest BCUT2D eigenvalue weighted by molar-refractivity contribution is 8.00. The van der Waals surface area contributed by atoms with E-state index in [2.05, 4.69) is 20.8 Å². The number of ether oxygens (including phenoxy) is 1. The number of aromatic nitrogens is 4. The number of hydrogen-bond donors (Lipinski definition) is 1. The Labute approximate surface area is 201 Å². The highest BCUT2D eigenvalue weighted by atomic mass is 32.2. The number of amides is 1. The van der Waals surface area contributed by atoms with Gasteiger partial charge in [-0.3, -0.25) is 9.59 Å². The van der Waals surface area contributed by atoms with Crippen molar-refractivity contribution in [2.24, 2.45) is 0 Å². The van der Waals surface area contributed by atoms with Crippen molar-refractivity contribution in [3.8, 4) is 11.4 Å². The SMILES string of the molecule is COc1ccc(C)cc1-n1nnnc1S[C@H](C(=O)Nc1cccc(C(C)=O)c1)c1ccccc1. The van der Waals surface area contributed by atoms with Gasteiger partial charge in [-0.2, -0.15) is 4.68 Å². The smallest absolute Gasteiger partial charge is 0.242 e. The van der Waals surface area contributed by atoms with Gasteiger partial charge in [0.05, 0.1) is 7.11 Å². The number of nitrogens with zero attached hydrogens (tertiary/aromatic N) is 4. The van der Waals surface area contributed by atoms with E-state index in [1.807, 2.05) is 55.5 Å². The zero-order valence-corrected chi connectivity index (χ0v) is 19.7. The van der Waals surface area contributed by atoms with Crippen molar-refractivity contribution in [2.45, 2.75) is 24.3 Å². The standard InChI is InChI=1S/C25H23N5O3S/c1-16-12-13-22(33-3)21(14-16)30-25(27-28-29-30)34-23(18-8-5-4-6-9-18)24(32)26-20-11-7-10-19(15-20)17(2)31/h4-15,23H,1-3H3,(H,26,32)/t23-/m0/s1. The van der Waals surface area contributed by atoms with Crippen LogP contribution in [0.1, 0.15) is 33.7 Å². The summed E-state index contributed by atoms with van der Waals surface area (Å²) in [5.41, 5.74) is 3.55. The van der Waals surface area contributed by atoms with Gasteiger partial charge >= 0.3 is 0 Å². The van der Waals surface area contributed by atoms with Gasteiger partial charge in [-0.25, -0.2) is 0 Å². The van der Waals surface area contributed by atoms with Gasteiger partial charge < -0.3 is 10.1 Å². The summed E-state index contributed by atoms with van der Waals surface area (Å²) >= 11 is 1.23. The molecule has 0 fully saturated rings. The van der Waals surface area contributed by atoms with E-state index in [1.165, 1.54) is 18.7 Å². The Morgan fingerprint density at radius 1 is 1.03 bits per heavy atom. The summed E-state index contributed by atoms with van der Waals surface area (Å²) in [4.78, 5) is 25.2. The summed E-state index contributed by atoms with van der Waals surface area (Å²) in [5, 5.41) is 14.9. The first-order valence-electron chi connectivity index (χ1n) is 10.5. The van der Waals surface area contributed by atoms with Gasteiger partial charge in [-0.05, 0) is 59.7 Å². The van der Waals surface area contributed by atoms with Crippen LogP contribution in [0.15, 0.2) is 78.0 Å². The summed E-state index contributed by atoms with van der Waals surface area (Å²) in [5.74, 6) is 0.278. The molecule has 0 bridgehead atoms. The van der Waals surface area contributed by atoms with Crippen LogP contribution < -0.4 is 10.1 Å². The van der Waals surface area contributed by atoms with Gasteiger partial charge in [0.25, 0.3) is 0 Å². The molecule has 0 spiro atoms. The minimum atomic E-state index is -0.650. The minimum absolute atomic E-state index is 0.0728. The van der Waals surface area contributed by atoms with E-state index in [1.54, 1.807) is 36.1 Å². The molecule has 34 heavy (non-hydrogen) atoms. The topological polar surface area (TPSA) is 99.0 Å². The van der Waals surface area contributed by atoms with Gasteiger partial charge in [0.2, 0.25) is 11.1 Å². The summed E-state index contributed by atoms with van der Waals surface area (Å²) in [6.45, 7) is 3.46. The summed E-state index contributed by atoms with van der Waals surface area (Å²) in [6.07, 6.45) is 0. The number of hydrogen-bond acceptors (Lipinski definition) is 7. The van der Waals surface area contributed by atoms with Gasteiger partial charge in [-0.15, -0.1) is 5.10 Å². The molecule has 0 saturated carbocycles. The number of nitrogens with one attached hydrogen (secondary N) is 1. The molecule has 0 unspecified atom stereocenters. The fourth-order valence-electron chi connectivity index (χ4n) is 3.40. The van der Waals surface area contributed by atoms with E-state index in [-0.39, 0.29) is 11.7 Å². The van der Waals surface area contributed by atoms with Crippen LogP contribution in [-0.4, -0.2) is 39.0 Å². The average molecular weight is 474 g/mol. The maximum absolute atomic E-state index is 13.4. The molecule has 0 aliphatic carbocycles. The van der Waals surface area contributed by atoms with E-state index in [0.29, 0.717) is 27.8 Å². The first-order valence-corrected chi connectivity index (χ1v) is 11.4. The minimum Gasteiger partial charge on any atom is -0.494 e.